The second kappa shape index (κ2) is 7.58. The molecule has 1 unspecified atom stereocenters. The fraction of sp³-hybridized carbons (Fsp3) is 0.381. The average molecular weight is 367 g/mol. The van der Waals surface area contributed by atoms with Crippen LogP contribution in [0.15, 0.2) is 47.0 Å². The van der Waals surface area contributed by atoms with E-state index in [4.69, 9.17) is 9.15 Å². The molecule has 1 aliphatic heterocycles. The molecule has 27 heavy (non-hydrogen) atoms. The summed E-state index contributed by atoms with van der Waals surface area (Å²) in [5, 5.41) is 4.22. The first-order valence-electron chi connectivity index (χ1n) is 9.33. The van der Waals surface area contributed by atoms with E-state index in [1.165, 1.54) is 0 Å². The van der Waals surface area contributed by atoms with E-state index in [1.54, 1.807) is 0 Å². The Hall–Kier alpha value is -2.57. The van der Waals surface area contributed by atoms with Crippen molar-refractivity contribution in [2.45, 2.75) is 13.0 Å². The minimum atomic E-state index is -0.0698. The maximum atomic E-state index is 12.8. The fourth-order valence-electron chi connectivity index (χ4n) is 3.63. The summed E-state index contributed by atoms with van der Waals surface area (Å²) >= 11 is 0. The molecule has 1 atom stereocenters. The summed E-state index contributed by atoms with van der Waals surface area (Å²) in [5.41, 5.74) is 1.72. The molecular formula is C21H25N3O3. The lowest BCUT2D eigenvalue weighted by Crippen LogP contribution is -2.43. The molecule has 6 nitrogen and oxygen atoms in total. The summed E-state index contributed by atoms with van der Waals surface area (Å²) < 4.78 is 13.4. The summed E-state index contributed by atoms with van der Waals surface area (Å²) in [5.74, 6) is 1.69. The van der Waals surface area contributed by atoms with E-state index >= 15 is 0 Å². The smallest absolute Gasteiger partial charge is 0.251 e. The molecule has 1 aromatic carbocycles. The summed E-state index contributed by atoms with van der Waals surface area (Å²) in [6.07, 6.45) is 2.00. The highest BCUT2D eigenvalue weighted by atomic mass is 16.5. The highest BCUT2D eigenvalue weighted by Crippen LogP contribution is 2.24. The Morgan fingerprint density at radius 1 is 1.19 bits per heavy atom. The van der Waals surface area contributed by atoms with Crippen molar-refractivity contribution < 1.29 is 13.9 Å². The maximum Gasteiger partial charge on any atom is 0.251 e. The number of morpholine rings is 1. The lowest BCUT2D eigenvalue weighted by Gasteiger charge is -2.33. The fourth-order valence-corrected chi connectivity index (χ4v) is 3.63. The van der Waals surface area contributed by atoms with Crippen LogP contribution in [0.3, 0.4) is 0 Å². The number of aromatic nitrogens is 1. The van der Waals surface area contributed by atoms with E-state index in [2.05, 4.69) is 10.2 Å². The second-order valence-corrected chi connectivity index (χ2v) is 7.02. The van der Waals surface area contributed by atoms with Gasteiger partial charge in [-0.25, -0.2) is 0 Å². The zero-order valence-corrected chi connectivity index (χ0v) is 15.8. The first kappa shape index (κ1) is 17.8. The van der Waals surface area contributed by atoms with Crippen molar-refractivity contribution in [3.63, 3.8) is 0 Å². The molecule has 1 N–H and O–H groups in total. The van der Waals surface area contributed by atoms with Crippen molar-refractivity contribution in [1.82, 2.24) is 14.8 Å². The van der Waals surface area contributed by atoms with Gasteiger partial charge in [-0.05, 0) is 42.6 Å². The van der Waals surface area contributed by atoms with Gasteiger partial charge in [0, 0.05) is 44.0 Å². The average Bonchev–Trinajstić information content (AvgIpc) is 3.28. The zero-order chi connectivity index (χ0) is 18.8. The molecule has 0 aliphatic carbocycles. The molecule has 1 saturated heterocycles. The van der Waals surface area contributed by atoms with Crippen LogP contribution in [-0.2, 0) is 11.8 Å². The molecule has 142 valence electrons. The number of fused-ring (bicyclic) bond motifs is 1. The molecule has 2 aromatic heterocycles. The number of nitrogens with zero attached hydrogens (tertiary/aromatic N) is 2. The summed E-state index contributed by atoms with van der Waals surface area (Å²) in [4.78, 5) is 15.1. The van der Waals surface area contributed by atoms with Crippen LogP contribution in [0.4, 0.5) is 0 Å². The second-order valence-electron chi connectivity index (χ2n) is 7.02. The topological polar surface area (TPSA) is 59.6 Å². The van der Waals surface area contributed by atoms with Crippen molar-refractivity contribution in [1.29, 1.82) is 0 Å². The predicted molar refractivity (Wildman–Crippen MR) is 104 cm³/mol. The Balaban J connectivity index is 1.50. The number of nitrogens with one attached hydrogen (secondary N) is 1. The normalized spacial score (nSPS) is 16.5. The minimum absolute atomic E-state index is 0.00492. The van der Waals surface area contributed by atoms with Crippen molar-refractivity contribution >= 4 is 16.8 Å². The Kier molecular flexibility index (Phi) is 5.01. The van der Waals surface area contributed by atoms with E-state index in [0.717, 1.165) is 35.5 Å². The molecule has 1 fully saturated rings. The third-order valence-corrected chi connectivity index (χ3v) is 5.18. The van der Waals surface area contributed by atoms with E-state index in [0.29, 0.717) is 25.3 Å². The van der Waals surface area contributed by atoms with Crippen LogP contribution >= 0.6 is 0 Å². The number of furan rings is 1. The quantitative estimate of drug-likeness (QED) is 0.753. The van der Waals surface area contributed by atoms with Crippen molar-refractivity contribution in [2.75, 3.05) is 32.8 Å². The van der Waals surface area contributed by atoms with Gasteiger partial charge in [-0.1, -0.05) is 6.07 Å². The predicted octanol–water partition coefficient (Wildman–Crippen LogP) is 2.88. The van der Waals surface area contributed by atoms with Crippen LogP contribution in [0, 0.1) is 6.92 Å². The molecule has 0 radical (unpaired) electrons. The first-order valence-corrected chi connectivity index (χ1v) is 9.33. The molecule has 6 heteroatoms. The largest absolute Gasteiger partial charge is 0.465 e. The molecule has 4 rings (SSSR count). The summed E-state index contributed by atoms with van der Waals surface area (Å²) in [6.45, 7) is 5.50. The zero-order valence-electron chi connectivity index (χ0n) is 15.8. The van der Waals surface area contributed by atoms with Crippen LogP contribution in [0.2, 0.25) is 0 Å². The standard InChI is InChI=1S/C21H25N3O3/c1-15-3-6-20(27-15)19(24-9-11-26-12-10-24)14-22-21(25)17-5-4-16-7-8-23(2)18(16)13-17/h3-8,13,19H,9-12,14H2,1-2H3,(H,22,25). The SMILES string of the molecule is Cc1ccc(C(CNC(=O)c2ccc3ccn(C)c3c2)N2CCOCC2)o1. The van der Waals surface area contributed by atoms with Crippen LogP contribution in [0.1, 0.15) is 27.9 Å². The monoisotopic (exact) mass is 367 g/mol. The third kappa shape index (κ3) is 3.77. The van der Waals surface area contributed by atoms with Gasteiger partial charge in [0.05, 0.1) is 19.3 Å². The molecule has 1 amide bonds. The van der Waals surface area contributed by atoms with Gasteiger partial charge < -0.3 is 19.0 Å². The molecular weight excluding hydrogens is 342 g/mol. The van der Waals surface area contributed by atoms with Crippen molar-refractivity contribution in [3.05, 3.63) is 59.7 Å². The van der Waals surface area contributed by atoms with Crippen molar-refractivity contribution in [3.8, 4) is 0 Å². The Morgan fingerprint density at radius 2 is 2.00 bits per heavy atom. The summed E-state index contributed by atoms with van der Waals surface area (Å²) in [7, 11) is 1.98. The van der Waals surface area contributed by atoms with Crippen LogP contribution < -0.4 is 5.32 Å². The van der Waals surface area contributed by atoms with E-state index < -0.39 is 0 Å². The highest BCUT2D eigenvalue weighted by Gasteiger charge is 2.25. The molecule has 0 spiro atoms. The molecule has 0 bridgehead atoms. The van der Waals surface area contributed by atoms with Crippen LogP contribution in [0.5, 0.6) is 0 Å². The first-order chi connectivity index (χ1) is 13.1. The van der Waals surface area contributed by atoms with Gasteiger partial charge in [-0.15, -0.1) is 0 Å². The lowest BCUT2D eigenvalue weighted by molar-refractivity contribution is 0.0117. The number of amides is 1. The molecule has 3 aromatic rings. The number of hydrogen-bond donors (Lipinski definition) is 1. The van der Waals surface area contributed by atoms with Gasteiger partial charge in [-0.2, -0.15) is 0 Å². The van der Waals surface area contributed by atoms with E-state index in [9.17, 15) is 4.79 Å². The molecule has 0 saturated carbocycles. The van der Waals surface area contributed by atoms with Gasteiger partial charge in [0.25, 0.3) is 5.91 Å². The number of ether oxygens (including phenoxy) is 1. The van der Waals surface area contributed by atoms with Crippen LogP contribution in [-0.4, -0.2) is 48.2 Å². The lowest BCUT2D eigenvalue weighted by atomic mass is 10.1. The Bertz CT molecular complexity index is 937. The van der Waals surface area contributed by atoms with Gasteiger partial charge >= 0.3 is 0 Å². The van der Waals surface area contributed by atoms with Gasteiger partial charge in [0.1, 0.15) is 11.5 Å². The number of benzene rings is 1. The number of hydrogen-bond acceptors (Lipinski definition) is 4. The Labute approximate surface area is 158 Å². The molecule has 1 aliphatic rings. The maximum absolute atomic E-state index is 12.8. The van der Waals surface area contributed by atoms with Crippen molar-refractivity contribution in [2.24, 2.45) is 7.05 Å². The minimum Gasteiger partial charge on any atom is -0.465 e. The summed E-state index contributed by atoms with van der Waals surface area (Å²) in [6, 6.07) is 11.8. The van der Waals surface area contributed by atoms with E-state index in [-0.39, 0.29) is 11.9 Å². The van der Waals surface area contributed by atoms with Gasteiger partial charge in [0.2, 0.25) is 0 Å². The van der Waals surface area contributed by atoms with Crippen LogP contribution in [0.25, 0.3) is 10.9 Å². The number of rotatable bonds is 5. The van der Waals surface area contributed by atoms with Gasteiger partial charge in [0.15, 0.2) is 0 Å². The molecule has 3 heterocycles. The highest BCUT2D eigenvalue weighted by molar-refractivity contribution is 5.98. The number of carbonyl (C=O) groups excluding carboxylic acids is 1. The van der Waals surface area contributed by atoms with Gasteiger partial charge in [-0.3, -0.25) is 9.69 Å². The number of aryl methyl sites for hydroxylation is 2. The third-order valence-electron chi connectivity index (χ3n) is 5.18. The number of carbonyl (C=O) groups is 1. The van der Waals surface area contributed by atoms with E-state index in [1.807, 2.05) is 61.1 Å². The Morgan fingerprint density at radius 3 is 2.74 bits per heavy atom.